The minimum Gasteiger partial charge on any atom is -0.478 e. The number of carbonyl (C=O) groups is 2. The quantitative estimate of drug-likeness (QED) is 0.295. The normalized spacial score (nSPS) is 11.2. The molecule has 178 valence electrons. The van der Waals surface area contributed by atoms with Crippen LogP contribution in [0.15, 0.2) is 85.3 Å². The predicted octanol–water partition coefficient (Wildman–Crippen LogP) is 5.52. The Balaban J connectivity index is 1.32. The minimum atomic E-state index is -0.894. The van der Waals surface area contributed by atoms with Gasteiger partial charge in [0.25, 0.3) is 0 Å². The van der Waals surface area contributed by atoms with Crippen molar-refractivity contribution in [3.8, 4) is 0 Å². The Hall–Kier alpha value is -4.19. The van der Waals surface area contributed by atoms with E-state index in [2.05, 4.69) is 12.0 Å². The number of aryl methyl sites for hydroxylation is 3. The molecule has 0 unspecified atom stereocenters. The third-order valence-electron chi connectivity index (χ3n) is 6.03. The first kappa shape index (κ1) is 24.0. The second-order valence-corrected chi connectivity index (χ2v) is 8.43. The molecule has 0 atom stereocenters. The van der Waals surface area contributed by atoms with Crippen LogP contribution < -0.4 is 0 Å². The highest BCUT2D eigenvalue weighted by Gasteiger charge is 2.13. The van der Waals surface area contributed by atoms with Gasteiger partial charge >= 0.3 is 5.97 Å². The molecule has 0 aliphatic heterocycles. The van der Waals surface area contributed by atoms with Gasteiger partial charge in [-0.2, -0.15) is 5.10 Å². The van der Waals surface area contributed by atoms with E-state index in [4.69, 9.17) is 0 Å². The van der Waals surface area contributed by atoms with Gasteiger partial charge in [-0.1, -0.05) is 61.5 Å². The Morgan fingerprint density at radius 1 is 1.03 bits per heavy atom. The number of rotatable bonds is 11. The zero-order valence-corrected chi connectivity index (χ0v) is 19.8. The molecule has 0 aliphatic rings. The molecule has 6 heteroatoms. The van der Waals surface area contributed by atoms with Crippen molar-refractivity contribution < 1.29 is 14.7 Å². The van der Waals surface area contributed by atoms with Crippen LogP contribution in [0.25, 0.3) is 6.08 Å². The van der Waals surface area contributed by atoms with Gasteiger partial charge in [-0.05, 0) is 48.6 Å². The van der Waals surface area contributed by atoms with E-state index in [9.17, 15) is 14.7 Å². The maximum Gasteiger partial charge on any atom is 0.335 e. The highest BCUT2D eigenvalue weighted by molar-refractivity contribution is 6.08. The van der Waals surface area contributed by atoms with Crippen LogP contribution >= 0.6 is 0 Å². The molecule has 0 saturated heterocycles. The molecule has 6 nitrogen and oxygen atoms in total. The van der Waals surface area contributed by atoms with E-state index in [1.807, 2.05) is 82.3 Å². The molecule has 0 bridgehead atoms. The van der Waals surface area contributed by atoms with Crippen molar-refractivity contribution in [3.63, 3.8) is 0 Å². The van der Waals surface area contributed by atoms with Crippen molar-refractivity contribution in [1.82, 2.24) is 14.3 Å². The summed E-state index contributed by atoms with van der Waals surface area (Å²) in [5, 5.41) is 13.7. The Kier molecular flexibility index (Phi) is 7.73. The molecule has 0 aliphatic carbocycles. The molecule has 2 aromatic heterocycles. The molecule has 0 radical (unpaired) electrons. The number of hydrogen-bond donors (Lipinski definition) is 1. The molecule has 4 aromatic rings. The average Bonchev–Trinajstić information content (AvgIpc) is 3.53. The summed E-state index contributed by atoms with van der Waals surface area (Å²) in [4.78, 5) is 24.3. The number of aromatic carboxylic acids is 1. The van der Waals surface area contributed by atoms with Gasteiger partial charge in [0.1, 0.15) is 0 Å². The topological polar surface area (TPSA) is 77.1 Å². The first-order valence-corrected chi connectivity index (χ1v) is 11.8. The monoisotopic (exact) mass is 467 g/mol. The van der Waals surface area contributed by atoms with Crippen LogP contribution in [0.4, 0.5) is 0 Å². The first-order chi connectivity index (χ1) is 17.0. The maximum absolute atomic E-state index is 12.9. The fourth-order valence-corrected chi connectivity index (χ4v) is 4.09. The molecule has 0 spiro atoms. The number of carbonyl (C=O) groups excluding carboxylic acids is 1. The van der Waals surface area contributed by atoms with Gasteiger partial charge in [0, 0.05) is 36.6 Å². The third kappa shape index (κ3) is 6.03. The van der Waals surface area contributed by atoms with Crippen LogP contribution in [-0.4, -0.2) is 31.2 Å². The smallest absolute Gasteiger partial charge is 0.335 e. The lowest BCUT2D eigenvalue weighted by molar-refractivity contribution is 0.0695. The van der Waals surface area contributed by atoms with Crippen molar-refractivity contribution in [1.29, 1.82) is 0 Å². The van der Waals surface area contributed by atoms with E-state index >= 15 is 0 Å². The summed E-state index contributed by atoms with van der Waals surface area (Å²) in [7, 11) is 0. The summed E-state index contributed by atoms with van der Waals surface area (Å²) < 4.78 is 3.81. The van der Waals surface area contributed by atoms with E-state index in [0.29, 0.717) is 36.3 Å². The molecule has 0 amide bonds. The minimum absolute atomic E-state index is 0.0170. The molecule has 0 fully saturated rings. The van der Waals surface area contributed by atoms with Crippen LogP contribution in [0, 0.1) is 0 Å². The van der Waals surface area contributed by atoms with Crippen molar-refractivity contribution >= 4 is 17.8 Å². The molecular weight excluding hydrogens is 438 g/mol. The van der Waals surface area contributed by atoms with Gasteiger partial charge in [-0.3, -0.25) is 9.48 Å². The Morgan fingerprint density at radius 2 is 1.83 bits per heavy atom. The van der Waals surface area contributed by atoms with E-state index in [-0.39, 0.29) is 5.78 Å². The largest absolute Gasteiger partial charge is 0.478 e. The second kappa shape index (κ2) is 11.3. The highest BCUT2D eigenvalue weighted by Crippen LogP contribution is 2.14. The zero-order chi connectivity index (χ0) is 24.6. The lowest BCUT2D eigenvalue weighted by atomic mass is 10.0. The third-order valence-corrected chi connectivity index (χ3v) is 6.03. The SMILES string of the molecule is CCc1ccc(C(=O)c2cccn2C/C=C/c2cnn(CCCc3ccccc3C(=O)O)c2)cc1. The van der Waals surface area contributed by atoms with Crippen LogP contribution in [0.2, 0.25) is 0 Å². The Bertz CT molecular complexity index is 1330. The van der Waals surface area contributed by atoms with Crippen LogP contribution in [0.5, 0.6) is 0 Å². The van der Waals surface area contributed by atoms with Gasteiger partial charge < -0.3 is 9.67 Å². The van der Waals surface area contributed by atoms with Crippen molar-refractivity contribution in [2.45, 2.75) is 39.3 Å². The van der Waals surface area contributed by atoms with Gasteiger partial charge in [0.05, 0.1) is 17.5 Å². The Morgan fingerprint density at radius 3 is 2.60 bits per heavy atom. The van der Waals surface area contributed by atoms with Crippen LogP contribution in [0.3, 0.4) is 0 Å². The molecule has 4 rings (SSSR count). The average molecular weight is 468 g/mol. The molecule has 0 saturated carbocycles. The Labute approximate surface area is 205 Å². The van der Waals surface area contributed by atoms with E-state index in [1.54, 1.807) is 18.3 Å². The number of carboxylic acid groups (broad SMARTS) is 1. The number of hydrogen-bond acceptors (Lipinski definition) is 3. The summed E-state index contributed by atoms with van der Waals surface area (Å²) in [6, 6.07) is 18.6. The lowest BCUT2D eigenvalue weighted by Crippen LogP contribution is -2.09. The first-order valence-electron chi connectivity index (χ1n) is 11.8. The van der Waals surface area contributed by atoms with Crippen molar-refractivity contribution in [3.05, 3.63) is 119 Å². The fourth-order valence-electron chi connectivity index (χ4n) is 4.09. The number of benzene rings is 2. The maximum atomic E-state index is 12.9. The van der Waals surface area contributed by atoms with Gasteiger partial charge in [0.2, 0.25) is 5.78 Å². The van der Waals surface area contributed by atoms with Crippen LogP contribution in [0.1, 0.15) is 56.4 Å². The second-order valence-electron chi connectivity index (χ2n) is 8.43. The van der Waals surface area contributed by atoms with E-state index in [0.717, 1.165) is 24.0 Å². The van der Waals surface area contributed by atoms with E-state index < -0.39 is 5.97 Å². The summed E-state index contributed by atoms with van der Waals surface area (Å²) >= 11 is 0. The van der Waals surface area contributed by atoms with Gasteiger partial charge in [-0.15, -0.1) is 0 Å². The van der Waals surface area contributed by atoms with Gasteiger partial charge in [-0.25, -0.2) is 4.79 Å². The molecule has 35 heavy (non-hydrogen) atoms. The summed E-state index contributed by atoms with van der Waals surface area (Å²) in [6.07, 6.45) is 12.1. The van der Waals surface area contributed by atoms with Gasteiger partial charge in [0.15, 0.2) is 0 Å². The molecule has 1 N–H and O–H groups in total. The number of nitrogens with zero attached hydrogens (tertiary/aromatic N) is 3. The number of aromatic nitrogens is 3. The molecular formula is C29H29N3O3. The summed E-state index contributed by atoms with van der Waals surface area (Å²) in [5.74, 6) is -0.877. The lowest BCUT2D eigenvalue weighted by Gasteiger charge is -2.07. The van der Waals surface area contributed by atoms with E-state index in [1.165, 1.54) is 5.56 Å². The molecule has 2 heterocycles. The molecule has 2 aromatic carbocycles. The number of ketones is 1. The summed E-state index contributed by atoms with van der Waals surface area (Å²) in [5.41, 5.74) is 4.74. The van der Waals surface area contributed by atoms with Crippen molar-refractivity contribution in [2.24, 2.45) is 0 Å². The van der Waals surface area contributed by atoms with Crippen LogP contribution in [-0.2, 0) is 25.9 Å². The standard InChI is InChI=1S/C29H29N3O3/c1-2-22-13-15-25(16-14-22)28(33)27-12-7-18-31(27)17-5-8-23-20-30-32(21-23)19-6-10-24-9-3-4-11-26(24)29(34)35/h3-5,7-9,11-16,18,20-21H,2,6,10,17,19H2,1H3,(H,34,35)/b8-5+. The predicted molar refractivity (Wildman–Crippen MR) is 137 cm³/mol. The summed E-state index contributed by atoms with van der Waals surface area (Å²) in [6.45, 7) is 3.38. The number of carboxylic acids is 1. The highest BCUT2D eigenvalue weighted by atomic mass is 16.4. The fraction of sp³-hybridized carbons (Fsp3) is 0.207. The number of allylic oxidation sites excluding steroid dienone is 1. The zero-order valence-electron chi connectivity index (χ0n) is 19.8. The van der Waals surface area contributed by atoms with Crippen molar-refractivity contribution in [2.75, 3.05) is 0 Å².